The van der Waals surface area contributed by atoms with Gasteiger partial charge in [-0.1, -0.05) is 30.3 Å². The number of likely N-dealkylation sites (N-methyl/N-ethyl adjacent to an activating group) is 1. The van der Waals surface area contributed by atoms with Crippen molar-refractivity contribution in [3.8, 4) is 11.8 Å². The zero-order chi connectivity index (χ0) is 19.1. The van der Waals surface area contributed by atoms with Crippen LogP contribution in [0.2, 0.25) is 0 Å². The van der Waals surface area contributed by atoms with E-state index in [2.05, 4.69) is 48.3 Å². The van der Waals surface area contributed by atoms with Crippen molar-refractivity contribution in [2.45, 2.75) is 43.7 Å². The number of benzene rings is 2. The van der Waals surface area contributed by atoms with Gasteiger partial charge in [-0.25, -0.2) is 0 Å². The summed E-state index contributed by atoms with van der Waals surface area (Å²) in [4.78, 5) is 2.27. The quantitative estimate of drug-likeness (QED) is 0.808. The molecule has 0 aromatic heterocycles. The predicted molar refractivity (Wildman–Crippen MR) is 107 cm³/mol. The van der Waals surface area contributed by atoms with Crippen molar-refractivity contribution >= 4 is 0 Å². The smallest absolute Gasteiger partial charge is 0.119 e. The first-order valence-electron chi connectivity index (χ1n) is 9.72. The molecule has 1 atom stereocenters. The van der Waals surface area contributed by atoms with Crippen molar-refractivity contribution in [3.63, 3.8) is 0 Å². The molecule has 0 saturated heterocycles. The van der Waals surface area contributed by atoms with Crippen LogP contribution in [0.25, 0.3) is 0 Å². The van der Waals surface area contributed by atoms with E-state index in [1.165, 1.54) is 31.2 Å². The van der Waals surface area contributed by atoms with E-state index in [0.29, 0.717) is 29.8 Å². The average molecular weight is 364 g/mol. The molecule has 1 saturated carbocycles. The van der Waals surface area contributed by atoms with E-state index in [1.807, 2.05) is 0 Å². The second kappa shape index (κ2) is 9.55. The van der Waals surface area contributed by atoms with Gasteiger partial charge in [-0.05, 0) is 68.5 Å². The lowest BCUT2D eigenvalue weighted by molar-refractivity contribution is 0.0549. The number of hydrogen-bond donors (Lipinski definition) is 1. The second-order valence-corrected chi connectivity index (χ2v) is 7.46. The fraction of sp³-hybridized carbons (Fsp3) is 0.435. The molecular weight excluding hydrogens is 336 g/mol. The van der Waals surface area contributed by atoms with Gasteiger partial charge in [-0.15, -0.1) is 0 Å². The molecule has 0 amide bonds. The van der Waals surface area contributed by atoms with E-state index in [4.69, 9.17) is 10.00 Å². The number of ether oxygens (including phenoxy) is 1. The van der Waals surface area contributed by atoms with Crippen LogP contribution in [-0.2, 0) is 0 Å². The number of hydrogen-bond acceptors (Lipinski definition) is 4. The van der Waals surface area contributed by atoms with Crippen LogP contribution in [0.4, 0.5) is 0 Å². The minimum atomic E-state index is -0.530. The van der Waals surface area contributed by atoms with Gasteiger partial charge < -0.3 is 14.7 Å². The molecular formula is C23H28N2O2. The highest BCUT2D eigenvalue weighted by Gasteiger charge is 2.25. The van der Waals surface area contributed by atoms with Crippen LogP contribution in [0.3, 0.4) is 0 Å². The number of nitriles is 1. The molecule has 1 fully saturated rings. The SMILES string of the molecule is CN(CC(O)COc1ccc(C#N)cc1)C1CCC(c2ccccc2)CC1. The molecule has 27 heavy (non-hydrogen) atoms. The molecule has 3 rings (SSSR count). The molecule has 1 N–H and O–H groups in total. The first-order valence-corrected chi connectivity index (χ1v) is 9.72. The molecule has 2 aromatic carbocycles. The van der Waals surface area contributed by atoms with Crippen LogP contribution < -0.4 is 4.74 Å². The molecule has 0 spiro atoms. The zero-order valence-corrected chi connectivity index (χ0v) is 15.9. The van der Waals surface area contributed by atoms with E-state index >= 15 is 0 Å². The van der Waals surface area contributed by atoms with E-state index in [-0.39, 0.29) is 6.61 Å². The van der Waals surface area contributed by atoms with Crippen molar-refractivity contribution in [1.29, 1.82) is 5.26 Å². The lowest BCUT2D eigenvalue weighted by atomic mass is 9.81. The van der Waals surface area contributed by atoms with Gasteiger partial charge in [-0.3, -0.25) is 0 Å². The maximum Gasteiger partial charge on any atom is 0.119 e. The van der Waals surface area contributed by atoms with E-state index in [1.54, 1.807) is 24.3 Å². The Hall–Kier alpha value is -2.35. The molecule has 0 bridgehead atoms. The topological polar surface area (TPSA) is 56.5 Å². The van der Waals surface area contributed by atoms with Crippen molar-refractivity contribution in [2.75, 3.05) is 20.2 Å². The molecule has 0 radical (unpaired) electrons. The van der Waals surface area contributed by atoms with Crippen molar-refractivity contribution in [3.05, 3.63) is 65.7 Å². The highest BCUT2D eigenvalue weighted by molar-refractivity contribution is 5.34. The molecule has 1 unspecified atom stereocenters. The summed E-state index contributed by atoms with van der Waals surface area (Å²) in [7, 11) is 2.10. The first kappa shape index (κ1) is 19.4. The van der Waals surface area contributed by atoms with Crippen LogP contribution in [0.15, 0.2) is 54.6 Å². The van der Waals surface area contributed by atoms with Gasteiger partial charge in [0.2, 0.25) is 0 Å². The Bertz CT molecular complexity index is 731. The van der Waals surface area contributed by atoms with Crippen molar-refractivity contribution in [1.82, 2.24) is 4.90 Å². The highest BCUT2D eigenvalue weighted by Crippen LogP contribution is 2.34. The van der Waals surface area contributed by atoms with E-state index in [9.17, 15) is 5.11 Å². The summed E-state index contributed by atoms with van der Waals surface area (Å²) in [6.07, 6.45) is 4.21. The highest BCUT2D eigenvalue weighted by atomic mass is 16.5. The number of rotatable bonds is 7. The Morgan fingerprint density at radius 2 is 1.74 bits per heavy atom. The number of aliphatic hydroxyl groups excluding tert-OH is 1. The van der Waals surface area contributed by atoms with Gasteiger partial charge in [0.25, 0.3) is 0 Å². The van der Waals surface area contributed by atoms with Crippen LogP contribution in [0.1, 0.15) is 42.7 Å². The third-order valence-electron chi connectivity index (χ3n) is 5.52. The van der Waals surface area contributed by atoms with Gasteiger partial charge in [-0.2, -0.15) is 5.26 Å². The monoisotopic (exact) mass is 364 g/mol. The Balaban J connectivity index is 1.40. The first-order chi connectivity index (χ1) is 13.2. The lowest BCUT2D eigenvalue weighted by Crippen LogP contribution is -2.41. The largest absolute Gasteiger partial charge is 0.491 e. The summed E-state index contributed by atoms with van der Waals surface area (Å²) in [5, 5.41) is 19.1. The molecule has 0 aliphatic heterocycles. The van der Waals surface area contributed by atoms with Crippen LogP contribution in [0, 0.1) is 11.3 Å². The standard InChI is InChI=1S/C23H28N2O2/c1-25(16-22(26)17-27-23-13-7-18(15-24)8-14-23)21-11-9-20(10-12-21)19-5-3-2-4-6-19/h2-8,13-14,20-22,26H,9-12,16-17H2,1H3. The minimum absolute atomic E-state index is 0.260. The summed E-state index contributed by atoms with van der Waals surface area (Å²) in [6.45, 7) is 0.868. The van der Waals surface area contributed by atoms with Gasteiger partial charge in [0, 0.05) is 12.6 Å². The van der Waals surface area contributed by atoms with Crippen LogP contribution in [0.5, 0.6) is 5.75 Å². The van der Waals surface area contributed by atoms with Gasteiger partial charge in [0.1, 0.15) is 18.5 Å². The molecule has 0 heterocycles. The summed E-state index contributed by atoms with van der Waals surface area (Å²) in [5.74, 6) is 1.35. The Morgan fingerprint density at radius 3 is 2.37 bits per heavy atom. The molecule has 142 valence electrons. The summed E-state index contributed by atoms with van der Waals surface area (Å²) in [6, 6.07) is 20.4. The third-order valence-corrected chi connectivity index (χ3v) is 5.52. The predicted octanol–water partition coefficient (Wildman–Crippen LogP) is 3.96. The second-order valence-electron chi connectivity index (χ2n) is 7.46. The van der Waals surface area contributed by atoms with E-state index < -0.39 is 6.10 Å². The summed E-state index contributed by atoms with van der Waals surface area (Å²) < 4.78 is 5.64. The third kappa shape index (κ3) is 5.56. The van der Waals surface area contributed by atoms with Crippen molar-refractivity contribution in [2.24, 2.45) is 0 Å². The summed E-state index contributed by atoms with van der Waals surface area (Å²) in [5.41, 5.74) is 2.06. The molecule has 2 aromatic rings. The van der Waals surface area contributed by atoms with Crippen LogP contribution >= 0.6 is 0 Å². The molecule has 1 aliphatic carbocycles. The maximum absolute atomic E-state index is 10.3. The summed E-state index contributed by atoms with van der Waals surface area (Å²) >= 11 is 0. The Labute approximate surface area is 162 Å². The van der Waals surface area contributed by atoms with Crippen LogP contribution in [-0.4, -0.2) is 42.4 Å². The fourth-order valence-corrected chi connectivity index (χ4v) is 3.93. The van der Waals surface area contributed by atoms with Gasteiger partial charge in [0.15, 0.2) is 0 Å². The number of nitrogens with zero attached hydrogens (tertiary/aromatic N) is 2. The van der Waals surface area contributed by atoms with Gasteiger partial charge in [0.05, 0.1) is 11.6 Å². The van der Waals surface area contributed by atoms with E-state index in [0.717, 1.165) is 0 Å². The minimum Gasteiger partial charge on any atom is -0.491 e. The van der Waals surface area contributed by atoms with Gasteiger partial charge >= 0.3 is 0 Å². The molecule has 4 heteroatoms. The lowest BCUT2D eigenvalue weighted by Gasteiger charge is -2.35. The van der Waals surface area contributed by atoms with Crippen molar-refractivity contribution < 1.29 is 9.84 Å². The molecule has 1 aliphatic rings. The fourth-order valence-electron chi connectivity index (χ4n) is 3.93. The zero-order valence-electron chi connectivity index (χ0n) is 15.9. The maximum atomic E-state index is 10.3. The average Bonchev–Trinajstić information content (AvgIpc) is 2.73. The Kier molecular flexibility index (Phi) is 6.86. The molecule has 4 nitrogen and oxygen atoms in total. The number of aliphatic hydroxyl groups is 1. The Morgan fingerprint density at radius 1 is 1.07 bits per heavy atom. The normalized spacial score (nSPS) is 20.8.